The number of hydrogen-bond donors (Lipinski definition) is 0. The molecule has 0 aromatic carbocycles. The zero-order chi connectivity index (χ0) is 10.8. The highest BCUT2D eigenvalue weighted by atomic mass is 35.5. The van der Waals surface area contributed by atoms with Gasteiger partial charge in [-0.1, -0.05) is 22.9 Å². The van der Waals surface area contributed by atoms with Crippen molar-refractivity contribution >= 4 is 50.5 Å². The highest BCUT2D eigenvalue weighted by molar-refractivity contribution is 7.85. The van der Waals surface area contributed by atoms with E-state index in [0.717, 1.165) is 23.1 Å². The van der Waals surface area contributed by atoms with E-state index in [4.69, 9.17) is 23.2 Å². The summed E-state index contributed by atoms with van der Waals surface area (Å²) in [6.45, 7) is 1.58. The highest BCUT2D eigenvalue weighted by Gasteiger charge is 2.19. The van der Waals surface area contributed by atoms with E-state index in [-0.39, 0.29) is 0 Å². The van der Waals surface area contributed by atoms with E-state index in [0.29, 0.717) is 22.5 Å². The first-order chi connectivity index (χ1) is 7.20. The number of anilines is 1. The predicted molar refractivity (Wildman–Crippen MR) is 66.8 cm³/mol. The minimum Gasteiger partial charge on any atom is -0.346 e. The van der Waals surface area contributed by atoms with Crippen LogP contribution in [0.2, 0.25) is 5.15 Å². The number of hydrogen-bond acceptors (Lipinski definition) is 4. The lowest BCUT2D eigenvalue weighted by molar-refractivity contribution is 0.673. The summed E-state index contributed by atoms with van der Waals surface area (Å²) in [6.07, 6.45) is 0. The molecule has 1 aromatic heterocycles. The summed E-state index contributed by atoms with van der Waals surface area (Å²) in [5, 5.41) is 1.39. The van der Waals surface area contributed by atoms with Crippen molar-refractivity contribution in [1.82, 2.24) is 4.98 Å². The van der Waals surface area contributed by atoms with Gasteiger partial charge in [0.2, 0.25) is 0 Å². The number of thiazole rings is 1. The van der Waals surface area contributed by atoms with Gasteiger partial charge in [0.05, 0.1) is 10.8 Å². The first kappa shape index (κ1) is 11.6. The molecule has 0 amide bonds. The van der Waals surface area contributed by atoms with Gasteiger partial charge < -0.3 is 4.90 Å². The molecule has 0 saturated carbocycles. The Labute approximate surface area is 105 Å². The van der Waals surface area contributed by atoms with Crippen LogP contribution < -0.4 is 4.90 Å². The van der Waals surface area contributed by atoms with Gasteiger partial charge in [-0.05, 0) is 0 Å². The predicted octanol–water partition coefficient (Wildman–Crippen LogP) is 2.10. The minimum atomic E-state index is -0.659. The molecule has 7 heteroatoms. The molecule has 0 spiro atoms. The van der Waals surface area contributed by atoms with Gasteiger partial charge in [0.25, 0.3) is 0 Å². The first-order valence-corrected chi connectivity index (χ1v) is 7.73. The Morgan fingerprint density at radius 3 is 2.67 bits per heavy atom. The van der Waals surface area contributed by atoms with Crippen LogP contribution in [-0.4, -0.2) is 33.8 Å². The second kappa shape index (κ2) is 4.99. The van der Waals surface area contributed by atoms with E-state index >= 15 is 0 Å². The van der Waals surface area contributed by atoms with Gasteiger partial charge in [-0.3, -0.25) is 4.21 Å². The zero-order valence-electron chi connectivity index (χ0n) is 7.91. The molecule has 1 aliphatic rings. The monoisotopic (exact) mass is 284 g/mol. The van der Waals surface area contributed by atoms with Gasteiger partial charge in [0.15, 0.2) is 5.13 Å². The Kier molecular flexibility index (Phi) is 3.88. The molecule has 2 heterocycles. The fourth-order valence-corrected chi connectivity index (χ4v) is 3.95. The van der Waals surface area contributed by atoms with Crippen LogP contribution in [0.4, 0.5) is 5.13 Å². The van der Waals surface area contributed by atoms with E-state index in [1.54, 1.807) is 0 Å². The molecular weight excluding hydrogens is 275 g/mol. The first-order valence-electron chi connectivity index (χ1n) is 4.52. The maximum Gasteiger partial charge on any atom is 0.187 e. The second-order valence-electron chi connectivity index (χ2n) is 3.18. The summed E-state index contributed by atoms with van der Waals surface area (Å²) in [5.41, 5.74) is 0. The molecular formula is C8H10Cl2N2OS2. The summed E-state index contributed by atoms with van der Waals surface area (Å²) in [4.78, 5) is 7.28. The van der Waals surface area contributed by atoms with Crippen molar-refractivity contribution in [2.75, 3.05) is 29.5 Å². The molecule has 15 heavy (non-hydrogen) atoms. The third kappa shape index (κ3) is 2.64. The molecule has 0 unspecified atom stereocenters. The van der Waals surface area contributed by atoms with Gasteiger partial charge >= 0.3 is 0 Å². The van der Waals surface area contributed by atoms with E-state index < -0.39 is 10.8 Å². The van der Waals surface area contributed by atoms with Gasteiger partial charge in [-0.15, -0.1) is 11.6 Å². The largest absolute Gasteiger partial charge is 0.346 e. The van der Waals surface area contributed by atoms with Crippen LogP contribution in [0.5, 0.6) is 0 Å². The summed E-state index contributed by atoms with van der Waals surface area (Å²) >= 11 is 13.2. The Hall–Kier alpha value is 0.160. The van der Waals surface area contributed by atoms with Crippen LogP contribution in [-0.2, 0) is 16.7 Å². The Morgan fingerprint density at radius 2 is 2.13 bits per heavy atom. The van der Waals surface area contributed by atoms with Gasteiger partial charge in [0.1, 0.15) is 5.15 Å². The molecule has 0 N–H and O–H groups in total. The van der Waals surface area contributed by atoms with Crippen LogP contribution in [0.1, 0.15) is 4.88 Å². The Bertz CT molecular complexity index is 373. The van der Waals surface area contributed by atoms with Crippen molar-refractivity contribution in [3.63, 3.8) is 0 Å². The van der Waals surface area contributed by atoms with Crippen molar-refractivity contribution in [2.24, 2.45) is 0 Å². The van der Waals surface area contributed by atoms with Gasteiger partial charge in [-0.25, -0.2) is 4.98 Å². The Balaban J connectivity index is 2.12. The fraction of sp³-hybridized carbons (Fsp3) is 0.625. The second-order valence-corrected chi connectivity index (χ2v) is 6.56. The third-order valence-electron chi connectivity index (χ3n) is 2.21. The van der Waals surface area contributed by atoms with Crippen molar-refractivity contribution in [3.8, 4) is 0 Å². The quantitative estimate of drug-likeness (QED) is 0.780. The molecule has 2 rings (SSSR count). The normalized spacial score (nSPS) is 18.4. The molecule has 1 aromatic rings. The van der Waals surface area contributed by atoms with Crippen LogP contribution >= 0.6 is 34.5 Å². The lowest BCUT2D eigenvalue weighted by Gasteiger charge is -2.25. The summed E-state index contributed by atoms with van der Waals surface area (Å²) in [7, 11) is -0.659. The van der Waals surface area contributed by atoms with Crippen molar-refractivity contribution in [2.45, 2.75) is 5.88 Å². The van der Waals surface area contributed by atoms with Crippen LogP contribution in [0, 0.1) is 0 Å². The van der Waals surface area contributed by atoms with Crippen LogP contribution in [0.3, 0.4) is 0 Å². The van der Waals surface area contributed by atoms with Crippen LogP contribution in [0.25, 0.3) is 0 Å². The molecule has 0 bridgehead atoms. The summed E-state index contributed by atoms with van der Waals surface area (Å²) < 4.78 is 11.2. The molecule has 84 valence electrons. The number of halogens is 2. The lowest BCUT2D eigenvalue weighted by Crippen LogP contribution is -2.37. The molecule has 0 radical (unpaired) electrons. The average molecular weight is 285 g/mol. The molecule has 0 aliphatic carbocycles. The SMILES string of the molecule is O=S1CCN(c2nc(Cl)c(CCl)s2)CC1. The van der Waals surface area contributed by atoms with Crippen molar-refractivity contribution in [1.29, 1.82) is 0 Å². The van der Waals surface area contributed by atoms with Crippen LogP contribution in [0.15, 0.2) is 0 Å². The molecule has 1 saturated heterocycles. The Morgan fingerprint density at radius 1 is 1.47 bits per heavy atom. The minimum absolute atomic E-state index is 0.399. The van der Waals surface area contributed by atoms with E-state index in [2.05, 4.69) is 9.88 Å². The number of nitrogens with zero attached hydrogens (tertiary/aromatic N) is 2. The summed E-state index contributed by atoms with van der Waals surface area (Å²) in [5.74, 6) is 1.83. The van der Waals surface area contributed by atoms with Crippen molar-refractivity contribution in [3.05, 3.63) is 10.0 Å². The molecule has 1 aliphatic heterocycles. The molecule has 3 nitrogen and oxygen atoms in total. The maximum absolute atomic E-state index is 11.2. The average Bonchev–Trinajstić information content (AvgIpc) is 2.61. The van der Waals surface area contributed by atoms with Crippen molar-refractivity contribution < 1.29 is 4.21 Å². The zero-order valence-corrected chi connectivity index (χ0v) is 11.1. The summed E-state index contributed by atoms with van der Waals surface area (Å²) in [6, 6.07) is 0. The number of aromatic nitrogens is 1. The number of rotatable bonds is 2. The van der Waals surface area contributed by atoms with E-state index in [1.807, 2.05) is 0 Å². The fourth-order valence-electron chi connectivity index (χ4n) is 1.37. The lowest BCUT2D eigenvalue weighted by atomic mass is 10.5. The topological polar surface area (TPSA) is 33.2 Å². The van der Waals surface area contributed by atoms with Gasteiger partial charge in [-0.2, -0.15) is 0 Å². The maximum atomic E-state index is 11.2. The smallest absolute Gasteiger partial charge is 0.187 e. The standard InChI is InChI=1S/C8H10Cl2N2OS2/c9-5-6-7(10)11-8(14-6)12-1-3-15(13)4-2-12/h1-5H2. The van der Waals surface area contributed by atoms with E-state index in [9.17, 15) is 4.21 Å². The number of alkyl halides is 1. The third-order valence-corrected chi connectivity index (χ3v) is 5.45. The van der Waals surface area contributed by atoms with Gasteiger partial charge in [0, 0.05) is 35.4 Å². The molecule has 0 atom stereocenters. The highest BCUT2D eigenvalue weighted by Crippen LogP contribution is 2.31. The van der Waals surface area contributed by atoms with E-state index in [1.165, 1.54) is 11.3 Å². The molecule has 1 fully saturated rings.